The third-order valence-corrected chi connectivity index (χ3v) is 3.61. The molecule has 0 unspecified atom stereocenters. The van der Waals surface area contributed by atoms with E-state index in [2.05, 4.69) is 0 Å². The minimum absolute atomic E-state index is 0.0409. The van der Waals surface area contributed by atoms with Gasteiger partial charge in [0, 0.05) is 12.0 Å². The zero-order valence-corrected chi connectivity index (χ0v) is 11.4. The monoisotopic (exact) mass is 278 g/mol. The van der Waals surface area contributed by atoms with Gasteiger partial charge in [0.2, 0.25) is 0 Å². The first-order valence-corrected chi connectivity index (χ1v) is 6.36. The molecule has 92 valence electrons. The van der Waals surface area contributed by atoms with Crippen LogP contribution in [0.25, 0.3) is 0 Å². The van der Waals surface area contributed by atoms with Crippen LogP contribution in [0.15, 0.2) is 42.5 Å². The molecular formula is C15H12Cl2O. The molecule has 0 saturated carbocycles. The third-order valence-electron chi connectivity index (χ3n) is 2.76. The van der Waals surface area contributed by atoms with Gasteiger partial charge in [-0.2, -0.15) is 0 Å². The van der Waals surface area contributed by atoms with Crippen molar-refractivity contribution in [2.24, 2.45) is 0 Å². The van der Waals surface area contributed by atoms with Crippen LogP contribution in [-0.4, -0.2) is 5.78 Å². The van der Waals surface area contributed by atoms with Crippen molar-refractivity contribution < 1.29 is 4.79 Å². The summed E-state index contributed by atoms with van der Waals surface area (Å²) in [4.78, 5) is 12.1. The van der Waals surface area contributed by atoms with Crippen molar-refractivity contribution in [1.29, 1.82) is 0 Å². The molecule has 0 aliphatic heterocycles. The highest BCUT2D eigenvalue weighted by atomic mass is 35.5. The Hall–Kier alpha value is -1.31. The Morgan fingerprint density at radius 2 is 1.72 bits per heavy atom. The molecule has 0 aliphatic carbocycles. The summed E-state index contributed by atoms with van der Waals surface area (Å²) in [5.41, 5.74) is 2.58. The van der Waals surface area contributed by atoms with Gasteiger partial charge in [-0.05, 0) is 18.6 Å². The third kappa shape index (κ3) is 2.92. The predicted octanol–water partition coefficient (Wildman–Crippen LogP) is 4.73. The van der Waals surface area contributed by atoms with Gasteiger partial charge in [0.1, 0.15) is 0 Å². The Kier molecular flexibility index (Phi) is 4.05. The Balaban J connectivity index is 2.21. The molecule has 0 saturated heterocycles. The number of benzene rings is 2. The zero-order chi connectivity index (χ0) is 13.1. The number of carbonyl (C=O) groups is 1. The lowest BCUT2D eigenvalue weighted by Crippen LogP contribution is -2.04. The van der Waals surface area contributed by atoms with E-state index in [9.17, 15) is 4.79 Å². The van der Waals surface area contributed by atoms with Crippen molar-refractivity contribution in [2.75, 3.05) is 0 Å². The number of rotatable bonds is 3. The molecule has 18 heavy (non-hydrogen) atoms. The fourth-order valence-corrected chi connectivity index (χ4v) is 2.09. The van der Waals surface area contributed by atoms with Gasteiger partial charge in [-0.25, -0.2) is 0 Å². The van der Waals surface area contributed by atoms with Gasteiger partial charge in [0.15, 0.2) is 5.78 Å². The molecule has 0 aromatic heterocycles. The van der Waals surface area contributed by atoms with Crippen LogP contribution in [0.1, 0.15) is 21.5 Å². The molecule has 1 nitrogen and oxygen atoms in total. The SMILES string of the molecule is Cc1ccc(C(=O)Cc2cccc(Cl)c2Cl)cc1. The number of halogens is 2. The van der Waals surface area contributed by atoms with Crippen molar-refractivity contribution in [3.8, 4) is 0 Å². The van der Waals surface area contributed by atoms with Gasteiger partial charge >= 0.3 is 0 Å². The van der Waals surface area contributed by atoms with Gasteiger partial charge in [0.25, 0.3) is 0 Å². The number of aryl methyl sites for hydroxylation is 1. The lowest BCUT2D eigenvalue weighted by molar-refractivity contribution is 0.0993. The lowest BCUT2D eigenvalue weighted by atomic mass is 10.0. The minimum atomic E-state index is 0.0409. The summed E-state index contributed by atoms with van der Waals surface area (Å²) in [6.45, 7) is 1.99. The molecule has 3 heteroatoms. The molecule has 0 atom stereocenters. The van der Waals surface area contributed by atoms with Crippen molar-refractivity contribution in [2.45, 2.75) is 13.3 Å². The first kappa shape index (κ1) is 13.1. The van der Waals surface area contributed by atoms with Crippen LogP contribution < -0.4 is 0 Å². The summed E-state index contributed by atoms with van der Waals surface area (Å²) in [5.74, 6) is 0.0409. The van der Waals surface area contributed by atoms with Crippen molar-refractivity contribution in [1.82, 2.24) is 0 Å². The molecular weight excluding hydrogens is 267 g/mol. The average molecular weight is 279 g/mol. The van der Waals surface area contributed by atoms with Crippen LogP contribution in [0.5, 0.6) is 0 Å². The second kappa shape index (κ2) is 5.55. The molecule has 0 radical (unpaired) electrons. The van der Waals surface area contributed by atoms with E-state index in [-0.39, 0.29) is 12.2 Å². The summed E-state index contributed by atoms with van der Waals surface area (Å²) in [6, 6.07) is 12.8. The summed E-state index contributed by atoms with van der Waals surface area (Å²) in [6.07, 6.45) is 0.266. The maximum Gasteiger partial charge on any atom is 0.167 e. The highest BCUT2D eigenvalue weighted by Crippen LogP contribution is 2.26. The number of Topliss-reactive ketones (excluding diaryl/α,β-unsaturated/α-hetero) is 1. The minimum Gasteiger partial charge on any atom is -0.294 e. The first-order valence-electron chi connectivity index (χ1n) is 5.60. The van der Waals surface area contributed by atoms with Crippen molar-refractivity contribution in [3.05, 3.63) is 69.2 Å². The number of carbonyl (C=O) groups excluding carboxylic acids is 1. The number of hydrogen-bond acceptors (Lipinski definition) is 1. The lowest BCUT2D eigenvalue weighted by Gasteiger charge is -2.05. The summed E-state index contributed by atoms with van der Waals surface area (Å²) in [5, 5.41) is 0.936. The normalized spacial score (nSPS) is 10.4. The van der Waals surface area contributed by atoms with Crippen LogP contribution in [0.3, 0.4) is 0 Å². The summed E-state index contributed by atoms with van der Waals surface area (Å²) >= 11 is 12.0. The predicted molar refractivity (Wildman–Crippen MR) is 75.7 cm³/mol. The fraction of sp³-hybridized carbons (Fsp3) is 0.133. The Labute approximate surface area is 116 Å². The molecule has 0 spiro atoms. The van der Waals surface area contributed by atoms with E-state index in [4.69, 9.17) is 23.2 Å². The number of ketones is 1. The highest BCUT2D eigenvalue weighted by Gasteiger charge is 2.11. The van der Waals surface area contributed by atoms with E-state index in [1.165, 1.54) is 0 Å². The van der Waals surface area contributed by atoms with E-state index >= 15 is 0 Å². The molecule has 0 bridgehead atoms. The molecule has 2 rings (SSSR count). The molecule has 0 amide bonds. The second-order valence-electron chi connectivity index (χ2n) is 4.18. The van der Waals surface area contributed by atoms with Gasteiger partial charge < -0.3 is 0 Å². The molecule has 0 heterocycles. The van der Waals surface area contributed by atoms with E-state index < -0.39 is 0 Å². The quantitative estimate of drug-likeness (QED) is 0.742. The van der Waals surface area contributed by atoms with Crippen LogP contribution in [0.4, 0.5) is 0 Å². The zero-order valence-electron chi connectivity index (χ0n) is 9.91. The van der Waals surface area contributed by atoms with Gasteiger partial charge in [-0.3, -0.25) is 4.79 Å². The van der Waals surface area contributed by atoms with Gasteiger partial charge in [-0.15, -0.1) is 0 Å². The largest absolute Gasteiger partial charge is 0.294 e. The molecule has 0 N–H and O–H groups in total. The van der Waals surface area contributed by atoms with Gasteiger partial charge in [-0.1, -0.05) is 65.2 Å². The van der Waals surface area contributed by atoms with E-state index in [0.717, 1.165) is 11.1 Å². The van der Waals surface area contributed by atoms with Crippen LogP contribution in [-0.2, 0) is 6.42 Å². The summed E-state index contributed by atoms with van der Waals surface area (Å²) in [7, 11) is 0. The Bertz CT molecular complexity index is 574. The smallest absolute Gasteiger partial charge is 0.167 e. The fourth-order valence-electron chi connectivity index (χ4n) is 1.70. The van der Waals surface area contributed by atoms with Crippen molar-refractivity contribution in [3.63, 3.8) is 0 Å². The average Bonchev–Trinajstić information content (AvgIpc) is 2.36. The maximum absolute atomic E-state index is 12.1. The summed E-state index contributed by atoms with van der Waals surface area (Å²) < 4.78 is 0. The van der Waals surface area contributed by atoms with E-state index in [0.29, 0.717) is 15.6 Å². The molecule has 2 aromatic carbocycles. The topological polar surface area (TPSA) is 17.1 Å². The Morgan fingerprint density at radius 3 is 2.39 bits per heavy atom. The van der Waals surface area contributed by atoms with E-state index in [1.54, 1.807) is 12.1 Å². The van der Waals surface area contributed by atoms with E-state index in [1.807, 2.05) is 37.3 Å². The maximum atomic E-state index is 12.1. The van der Waals surface area contributed by atoms with Crippen LogP contribution >= 0.6 is 23.2 Å². The Morgan fingerprint density at radius 1 is 1.06 bits per heavy atom. The van der Waals surface area contributed by atoms with Gasteiger partial charge in [0.05, 0.1) is 10.0 Å². The molecule has 0 aliphatic rings. The standard InChI is InChI=1S/C15H12Cl2O/c1-10-5-7-11(8-6-10)14(18)9-12-3-2-4-13(16)15(12)17/h2-8H,9H2,1H3. The van der Waals surface area contributed by atoms with Crippen LogP contribution in [0.2, 0.25) is 10.0 Å². The van der Waals surface area contributed by atoms with Crippen molar-refractivity contribution >= 4 is 29.0 Å². The molecule has 0 fully saturated rings. The number of hydrogen-bond donors (Lipinski definition) is 0. The second-order valence-corrected chi connectivity index (χ2v) is 4.96. The van der Waals surface area contributed by atoms with Crippen LogP contribution in [0, 0.1) is 6.92 Å². The highest BCUT2D eigenvalue weighted by molar-refractivity contribution is 6.42. The first-order chi connectivity index (χ1) is 8.58. The molecule has 2 aromatic rings.